The van der Waals surface area contributed by atoms with E-state index in [0.29, 0.717) is 29.3 Å². The fourth-order valence-electron chi connectivity index (χ4n) is 4.74. The number of nitrogens with one attached hydrogen (secondary N) is 1. The molecule has 0 radical (unpaired) electrons. The molecule has 1 aliphatic rings. The molecule has 0 unspecified atom stereocenters. The van der Waals surface area contributed by atoms with Gasteiger partial charge in [0.2, 0.25) is 5.43 Å². The van der Waals surface area contributed by atoms with Gasteiger partial charge in [0.1, 0.15) is 28.9 Å². The number of hydrogen-bond donors (Lipinski definition) is 2. The van der Waals surface area contributed by atoms with E-state index in [9.17, 15) is 41.0 Å². The van der Waals surface area contributed by atoms with E-state index in [1.165, 1.54) is 19.1 Å². The lowest BCUT2D eigenvalue weighted by molar-refractivity contribution is -0.153. The number of carbonyl (C=O) groups is 1. The number of hydrogen-bond acceptors (Lipinski definition) is 5. The Morgan fingerprint density at radius 2 is 1.87 bits per heavy atom. The Labute approximate surface area is 212 Å². The van der Waals surface area contributed by atoms with Gasteiger partial charge < -0.3 is 15.3 Å². The first kappa shape index (κ1) is 27.4. The summed E-state index contributed by atoms with van der Waals surface area (Å²) in [5.41, 5.74) is -4.11. The molecule has 2 aromatic heterocycles. The van der Waals surface area contributed by atoms with E-state index in [1.807, 2.05) is 6.92 Å². The van der Waals surface area contributed by atoms with Gasteiger partial charge >= 0.3 is 6.18 Å². The van der Waals surface area contributed by atoms with E-state index in [1.54, 1.807) is 17.1 Å². The highest BCUT2D eigenvalue weighted by Crippen LogP contribution is 2.32. The van der Waals surface area contributed by atoms with Crippen LogP contribution in [0.2, 0.25) is 0 Å². The largest absolute Gasteiger partial charge is 0.408 e. The molecule has 204 valence electrons. The highest BCUT2D eigenvalue weighted by atomic mass is 19.4. The fourth-order valence-corrected chi connectivity index (χ4v) is 4.74. The van der Waals surface area contributed by atoms with E-state index in [-0.39, 0.29) is 29.4 Å². The third-order valence-electron chi connectivity index (χ3n) is 6.48. The van der Waals surface area contributed by atoms with Crippen molar-refractivity contribution in [1.82, 2.24) is 14.9 Å². The molecule has 3 aromatic rings. The summed E-state index contributed by atoms with van der Waals surface area (Å²) in [5.74, 6) is -5.20. The molecule has 3 heterocycles. The summed E-state index contributed by atoms with van der Waals surface area (Å²) < 4.78 is 83.8. The van der Waals surface area contributed by atoms with Crippen molar-refractivity contribution in [1.29, 1.82) is 0 Å². The van der Waals surface area contributed by atoms with Crippen LogP contribution in [0.5, 0.6) is 0 Å². The number of halogens is 6. The van der Waals surface area contributed by atoms with Crippen LogP contribution in [-0.2, 0) is 0 Å². The van der Waals surface area contributed by atoms with Crippen LogP contribution in [0.1, 0.15) is 44.0 Å². The number of alkyl halides is 3. The lowest BCUT2D eigenvalue weighted by atomic mass is 10.0. The van der Waals surface area contributed by atoms with E-state index < -0.39 is 64.3 Å². The minimum Gasteiger partial charge on any atom is -0.388 e. The Morgan fingerprint density at radius 1 is 1.24 bits per heavy atom. The van der Waals surface area contributed by atoms with E-state index in [0.717, 1.165) is 0 Å². The van der Waals surface area contributed by atoms with Crippen LogP contribution in [0, 0.1) is 17.5 Å². The van der Waals surface area contributed by atoms with Crippen LogP contribution >= 0.6 is 0 Å². The summed E-state index contributed by atoms with van der Waals surface area (Å²) in [5, 5.41) is 11.9. The molecular weight excluding hydrogens is 518 g/mol. The Kier molecular flexibility index (Phi) is 6.93. The molecule has 0 saturated carbocycles. The van der Waals surface area contributed by atoms with Crippen molar-refractivity contribution in [2.75, 3.05) is 11.4 Å². The third kappa shape index (κ3) is 5.06. The standard InChI is InChI=1S/C25H24F6N4O3/c1-4-18(25(29,30)31)32-23(37)15-10-34(20-16(27)7-13(26)8-17(20)28)22-14(21(15)36)5-6-19(33-22)35-11-24(3,38)9-12(35)2/h5-8,10,12,18,38H,4,9,11H2,1-3H3,(H,32,37)/t12-,18+,24+/m1/s1. The van der Waals surface area contributed by atoms with Crippen molar-refractivity contribution in [2.24, 2.45) is 0 Å². The van der Waals surface area contributed by atoms with Crippen molar-refractivity contribution in [3.05, 3.63) is 63.7 Å². The number of pyridine rings is 2. The van der Waals surface area contributed by atoms with Gasteiger partial charge in [-0.25, -0.2) is 18.2 Å². The number of amides is 1. The molecular formula is C25H24F6N4O3. The van der Waals surface area contributed by atoms with Gasteiger partial charge in [0.05, 0.1) is 11.0 Å². The topological polar surface area (TPSA) is 87.5 Å². The molecule has 1 fully saturated rings. The monoisotopic (exact) mass is 542 g/mol. The van der Waals surface area contributed by atoms with E-state index in [4.69, 9.17) is 0 Å². The number of nitrogens with zero attached hydrogens (tertiary/aromatic N) is 3. The number of benzene rings is 1. The lowest BCUT2D eigenvalue weighted by Crippen LogP contribution is -2.46. The molecule has 1 aromatic carbocycles. The van der Waals surface area contributed by atoms with Crippen molar-refractivity contribution in [2.45, 2.75) is 57.5 Å². The van der Waals surface area contributed by atoms with Gasteiger partial charge in [-0.15, -0.1) is 0 Å². The molecule has 4 rings (SSSR count). The summed E-state index contributed by atoms with van der Waals surface area (Å²) in [6.45, 7) is 4.78. The van der Waals surface area contributed by atoms with Gasteiger partial charge in [-0.3, -0.25) is 14.2 Å². The maximum Gasteiger partial charge on any atom is 0.408 e. The zero-order chi connectivity index (χ0) is 28.2. The third-order valence-corrected chi connectivity index (χ3v) is 6.48. The summed E-state index contributed by atoms with van der Waals surface area (Å²) in [6.07, 6.45) is -4.26. The second-order valence-corrected chi connectivity index (χ2v) is 9.65. The SMILES string of the molecule is CC[C@H](NC(=O)c1cn(-c2c(F)cc(F)cc2F)c2nc(N3C[C@@](C)(O)C[C@H]3C)ccc2c1=O)C(F)(F)F. The zero-order valence-electron chi connectivity index (χ0n) is 20.5. The average Bonchev–Trinajstić information content (AvgIpc) is 3.09. The second-order valence-electron chi connectivity index (χ2n) is 9.65. The van der Waals surface area contributed by atoms with Crippen molar-refractivity contribution >= 4 is 22.8 Å². The Bertz CT molecular complexity index is 1450. The first-order valence-electron chi connectivity index (χ1n) is 11.7. The van der Waals surface area contributed by atoms with Gasteiger partial charge in [-0.2, -0.15) is 13.2 Å². The normalized spacial score (nSPS) is 20.7. The number of aliphatic hydroxyl groups is 1. The minimum atomic E-state index is -4.81. The predicted molar refractivity (Wildman–Crippen MR) is 127 cm³/mol. The number of β-amino-alcohol motifs (C(OH)–C–C–N with tert-alkyl or cyclic N) is 1. The molecule has 0 aliphatic carbocycles. The maximum atomic E-state index is 14.8. The van der Waals surface area contributed by atoms with Gasteiger partial charge in [-0.05, 0) is 38.8 Å². The molecule has 7 nitrogen and oxygen atoms in total. The quantitative estimate of drug-likeness (QED) is 0.472. The van der Waals surface area contributed by atoms with Crippen LogP contribution in [0.3, 0.4) is 0 Å². The van der Waals surface area contributed by atoms with Crippen LogP contribution in [0.25, 0.3) is 16.7 Å². The molecule has 1 saturated heterocycles. The molecule has 3 atom stereocenters. The first-order chi connectivity index (χ1) is 17.6. The molecule has 1 aliphatic heterocycles. The van der Waals surface area contributed by atoms with Gasteiger partial charge in [0.25, 0.3) is 5.91 Å². The van der Waals surface area contributed by atoms with Gasteiger partial charge in [-0.1, -0.05) is 6.92 Å². The maximum absolute atomic E-state index is 14.8. The van der Waals surface area contributed by atoms with Crippen molar-refractivity contribution in [3.8, 4) is 5.69 Å². The second kappa shape index (κ2) is 9.61. The van der Waals surface area contributed by atoms with Gasteiger partial charge in [0.15, 0.2) is 17.3 Å². The van der Waals surface area contributed by atoms with E-state index >= 15 is 0 Å². The Hall–Kier alpha value is -3.61. The number of rotatable bonds is 5. The highest BCUT2D eigenvalue weighted by Gasteiger charge is 2.40. The van der Waals surface area contributed by atoms with Crippen molar-refractivity contribution < 1.29 is 36.2 Å². The number of carbonyl (C=O) groups excluding carboxylic acids is 1. The van der Waals surface area contributed by atoms with Crippen LogP contribution in [0.15, 0.2) is 35.3 Å². The molecule has 13 heteroatoms. The average molecular weight is 542 g/mol. The van der Waals surface area contributed by atoms with Crippen LogP contribution in [-0.4, -0.2) is 51.0 Å². The fraction of sp³-hybridized carbons (Fsp3) is 0.400. The molecule has 2 N–H and O–H groups in total. The number of fused-ring (bicyclic) bond motifs is 1. The Morgan fingerprint density at radius 3 is 2.39 bits per heavy atom. The number of aromatic nitrogens is 2. The molecule has 38 heavy (non-hydrogen) atoms. The zero-order valence-corrected chi connectivity index (χ0v) is 20.5. The van der Waals surface area contributed by atoms with Gasteiger partial charge in [0, 0.05) is 30.9 Å². The number of anilines is 1. The molecule has 0 bridgehead atoms. The van der Waals surface area contributed by atoms with Crippen LogP contribution < -0.4 is 15.6 Å². The summed E-state index contributed by atoms with van der Waals surface area (Å²) in [6, 6.07) is 0.907. The summed E-state index contributed by atoms with van der Waals surface area (Å²) in [4.78, 5) is 32.1. The summed E-state index contributed by atoms with van der Waals surface area (Å²) >= 11 is 0. The molecule has 1 amide bonds. The Balaban J connectivity index is 1.96. The highest BCUT2D eigenvalue weighted by molar-refractivity contribution is 5.97. The lowest BCUT2D eigenvalue weighted by Gasteiger charge is -2.24. The minimum absolute atomic E-state index is 0.159. The predicted octanol–water partition coefficient (Wildman–Crippen LogP) is 4.22. The summed E-state index contributed by atoms with van der Waals surface area (Å²) in [7, 11) is 0. The smallest absolute Gasteiger partial charge is 0.388 e. The van der Waals surface area contributed by atoms with Crippen molar-refractivity contribution in [3.63, 3.8) is 0 Å². The van der Waals surface area contributed by atoms with E-state index in [2.05, 4.69) is 4.98 Å². The van der Waals surface area contributed by atoms with Crippen LogP contribution in [0.4, 0.5) is 32.2 Å². The first-order valence-corrected chi connectivity index (χ1v) is 11.7. The molecule has 0 spiro atoms.